The molecular weight excluding hydrogens is 292 g/mol. The van der Waals surface area contributed by atoms with Gasteiger partial charge in [-0.15, -0.1) is 0 Å². The van der Waals surface area contributed by atoms with E-state index in [0.717, 1.165) is 43.2 Å². The van der Waals surface area contributed by atoms with Crippen LogP contribution in [0.15, 0.2) is 18.2 Å². The van der Waals surface area contributed by atoms with Crippen molar-refractivity contribution >= 4 is 11.7 Å². The molecule has 0 bridgehead atoms. The number of esters is 1. The first kappa shape index (κ1) is 16.2. The summed E-state index contributed by atoms with van der Waals surface area (Å²) in [6.45, 7) is -0.342. The third-order valence-corrected chi connectivity index (χ3v) is 3.76. The number of carbonyl (C=O) groups is 1. The summed E-state index contributed by atoms with van der Waals surface area (Å²) in [6, 6.07) is 3.55. The quantitative estimate of drug-likeness (QED) is 0.371. The number of carbonyl (C=O) groups excluding carboxylic acids is 1. The highest BCUT2D eigenvalue weighted by atomic mass is 16.6. The molecule has 1 aliphatic carbocycles. The Morgan fingerprint density at radius 2 is 2.05 bits per heavy atom. The summed E-state index contributed by atoms with van der Waals surface area (Å²) in [4.78, 5) is 21.8. The molecule has 1 aliphatic rings. The normalized spacial score (nSPS) is 15.7. The summed E-state index contributed by atoms with van der Waals surface area (Å²) in [7, 11) is 0. The van der Waals surface area contributed by atoms with E-state index in [2.05, 4.69) is 0 Å². The van der Waals surface area contributed by atoms with Crippen LogP contribution in [-0.2, 0) is 4.74 Å². The van der Waals surface area contributed by atoms with Gasteiger partial charge in [0.1, 0.15) is 5.56 Å². The van der Waals surface area contributed by atoms with Gasteiger partial charge in [0, 0.05) is 12.1 Å². The lowest BCUT2D eigenvalue weighted by molar-refractivity contribution is -0.385. The minimum atomic E-state index is -0.920. The van der Waals surface area contributed by atoms with Gasteiger partial charge in [0.05, 0.1) is 4.92 Å². The molecule has 0 heterocycles. The molecule has 0 radical (unpaired) electrons. The number of hydrogen-bond donors (Lipinski definition) is 2. The summed E-state index contributed by atoms with van der Waals surface area (Å²) in [5, 5.41) is 31.3. The molecule has 8 heteroatoms. The molecule has 1 saturated carbocycles. The van der Waals surface area contributed by atoms with E-state index in [1.165, 1.54) is 12.1 Å². The molecule has 1 fully saturated rings. The first-order valence-electron chi connectivity index (χ1n) is 7.09. The smallest absolute Gasteiger partial charge is 0.343 e. The highest BCUT2D eigenvalue weighted by Gasteiger charge is 2.24. The lowest BCUT2D eigenvalue weighted by Gasteiger charge is -2.28. The maximum absolute atomic E-state index is 11.9. The fraction of sp³-hybridized carbons (Fsp3) is 0.500. The van der Waals surface area contributed by atoms with Crippen LogP contribution < -0.4 is 0 Å². The average molecular weight is 310 g/mol. The number of phenols is 1. The Morgan fingerprint density at radius 1 is 1.36 bits per heavy atom. The molecule has 120 valence electrons. The van der Waals surface area contributed by atoms with Crippen LogP contribution in [0, 0.1) is 10.1 Å². The number of ether oxygens (including phenoxy) is 1. The molecule has 0 amide bonds. The molecule has 2 N–H and O–H groups in total. The zero-order valence-corrected chi connectivity index (χ0v) is 12.0. The number of nitro groups is 1. The minimum Gasteiger partial charge on any atom is -0.501 e. The third kappa shape index (κ3) is 3.71. The highest BCUT2D eigenvalue weighted by molar-refractivity contribution is 5.93. The van der Waals surface area contributed by atoms with Crippen molar-refractivity contribution in [3.05, 3.63) is 33.9 Å². The van der Waals surface area contributed by atoms with Crippen molar-refractivity contribution < 1.29 is 24.8 Å². The highest BCUT2D eigenvalue weighted by Crippen LogP contribution is 2.29. The fourth-order valence-electron chi connectivity index (χ4n) is 2.53. The van der Waals surface area contributed by atoms with Crippen LogP contribution in [0.3, 0.4) is 0 Å². The second-order valence-corrected chi connectivity index (χ2v) is 5.22. The lowest BCUT2D eigenvalue weighted by atomic mass is 9.95. The number of rotatable bonds is 5. The predicted molar refractivity (Wildman–Crippen MR) is 75.5 cm³/mol. The van der Waals surface area contributed by atoms with Crippen molar-refractivity contribution in [1.82, 2.24) is 5.06 Å². The van der Waals surface area contributed by atoms with Gasteiger partial charge in [-0.05, 0) is 18.9 Å². The van der Waals surface area contributed by atoms with Gasteiger partial charge in [-0.3, -0.25) is 10.1 Å². The zero-order valence-electron chi connectivity index (χ0n) is 12.0. The Morgan fingerprint density at radius 3 is 2.68 bits per heavy atom. The first-order valence-corrected chi connectivity index (χ1v) is 7.09. The van der Waals surface area contributed by atoms with Gasteiger partial charge in [-0.1, -0.05) is 25.3 Å². The molecule has 2 rings (SSSR count). The van der Waals surface area contributed by atoms with E-state index in [0.29, 0.717) is 0 Å². The number of para-hydroxylation sites is 1. The van der Waals surface area contributed by atoms with Crippen LogP contribution in [0.2, 0.25) is 0 Å². The maximum atomic E-state index is 11.9. The Labute approximate surface area is 127 Å². The van der Waals surface area contributed by atoms with Crippen LogP contribution in [0.4, 0.5) is 5.69 Å². The summed E-state index contributed by atoms with van der Waals surface area (Å²) < 4.78 is 4.91. The monoisotopic (exact) mass is 310 g/mol. The Kier molecular flexibility index (Phi) is 5.29. The van der Waals surface area contributed by atoms with Gasteiger partial charge in [-0.25, -0.2) is 4.79 Å². The van der Waals surface area contributed by atoms with Crippen LogP contribution >= 0.6 is 0 Å². The number of phenolic OH excluding ortho intramolecular Hbond substituents is 1. The molecule has 0 saturated heterocycles. The van der Waals surface area contributed by atoms with E-state index >= 15 is 0 Å². The molecule has 0 atom stereocenters. The Hall–Kier alpha value is -2.19. The second kappa shape index (κ2) is 7.19. The molecule has 22 heavy (non-hydrogen) atoms. The van der Waals surface area contributed by atoms with Gasteiger partial charge in [-0.2, -0.15) is 5.06 Å². The lowest BCUT2D eigenvalue weighted by Crippen LogP contribution is -2.36. The SMILES string of the molecule is O=C(OCN(O)C1CCCCC1)c1cccc([N+](=O)[O-])c1O. The predicted octanol–water partition coefficient (Wildman–Crippen LogP) is 2.44. The topological polar surface area (TPSA) is 113 Å². The number of aromatic hydroxyl groups is 1. The van der Waals surface area contributed by atoms with Crippen molar-refractivity contribution in [2.75, 3.05) is 6.73 Å². The fourth-order valence-corrected chi connectivity index (χ4v) is 2.53. The summed E-state index contributed by atoms with van der Waals surface area (Å²) >= 11 is 0. The van der Waals surface area contributed by atoms with Crippen molar-refractivity contribution in [2.45, 2.75) is 38.1 Å². The summed E-state index contributed by atoms with van der Waals surface area (Å²) in [5.74, 6) is -1.66. The number of hydrogen-bond acceptors (Lipinski definition) is 7. The van der Waals surface area contributed by atoms with Crippen molar-refractivity contribution in [3.63, 3.8) is 0 Å². The van der Waals surface area contributed by atoms with Gasteiger partial charge in [0.25, 0.3) is 0 Å². The van der Waals surface area contributed by atoms with Gasteiger partial charge >= 0.3 is 11.7 Å². The standard InChI is InChI=1S/C14H18N2O6/c17-13-11(7-4-8-12(13)16(20)21)14(18)22-9-15(19)10-5-2-1-3-6-10/h4,7-8,10,17,19H,1-3,5-6,9H2. The number of nitro benzene ring substituents is 1. The Balaban J connectivity index is 1.97. The molecule has 8 nitrogen and oxygen atoms in total. The summed E-state index contributed by atoms with van der Waals surface area (Å²) in [6.07, 6.45) is 4.82. The van der Waals surface area contributed by atoms with Gasteiger partial charge in [0.15, 0.2) is 6.73 Å². The van der Waals surface area contributed by atoms with Gasteiger partial charge in [0.2, 0.25) is 5.75 Å². The number of hydroxylamine groups is 2. The van der Waals surface area contributed by atoms with Crippen LogP contribution in [0.1, 0.15) is 42.5 Å². The van der Waals surface area contributed by atoms with Crippen molar-refractivity contribution in [1.29, 1.82) is 0 Å². The largest absolute Gasteiger partial charge is 0.501 e. The number of nitrogens with zero attached hydrogens (tertiary/aromatic N) is 2. The Bertz CT molecular complexity index is 556. The molecule has 1 aromatic carbocycles. The molecule has 1 aromatic rings. The number of benzene rings is 1. The maximum Gasteiger partial charge on any atom is 0.343 e. The molecule has 0 aromatic heterocycles. The van der Waals surface area contributed by atoms with E-state index < -0.39 is 22.3 Å². The van der Waals surface area contributed by atoms with E-state index in [1.807, 2.05) is 0 Å². The van der Waals surface area contributed by atoms with E-state index in [9.17, 15) is 25.2 Å². The zero-order chi connectivity index (χ0) is 16.1. The molecule has 0 spiro atoms. The van der Waals surface area contributed by atoms with E-state index in [-0.39, 0.29) is 18.3 Å². The van der Waals surface area contributed by atoms with Gasteiger partial charge < -0.3 is 15.1 Å². The van der Waals surface area contributed by atoms with Crippen molar-refractivity contribution in [2.24, 2.45) is 0 Å². The summed E-state index contributed by atoms with van der Waals surface area (Å²) in [5.41, 5.74) is -0.867. The molecule has 0 aliphatic heterocycles. The van der Waals surface area contributed by atoms with E-state index in [4.69, 9.17) is 4.74 Å². The molecular formula is C14H18N2O6. The van der Waals surface area contributed by atoms with E-state index in [1.54, 1.807) is 0 Å². The van der Waals surface area contributed by atoms with Crippen LogP contribution in [0.5, 0.6) is 5.75 Å². The van der Waals surface area contributed by atoms with Crippen LogP contribution in [-0.4, -0.2) is 39.0 Å². The average Bonchev–Trinajstić information content (AvgIpc) is 2.53. The van der Waals surface area contributed by atoms with Crippen LogP contribution in [0.25, 0.3) is 0 Å². The van der Waals surface area contributed by atoms with Crippen molar-refractivity contribution in [3.8, 4) is 5.75 Å². The molecule has 0 unspecified atom stereocenters. The first-order chi connectivity index (χ1) is 10.5. The minimum absolute atomic E-state index is 0.0553. The third-order valence-electron chi connectivity index (χ3n) is 3.76. The second-order valence-electron chi connectivity index (χ2n) is 5.22.